The second kappa shape index (κ2) is 39.1. The maximum atomic E-state index is 5.08. The summed E-state index contributed by atoms with van der Waals surface area (Å²) in [4.78, 5) is 10.2. The fraction of sp³-hybridized carbons (Fsp3) is 0.545. The molecule has 2 N–H and O–H groups in total. The Labute approximate surface area is 524 Å². The van der Waals surface area contributed by atoms with Crippen molar-refractivity contribution in [2.45, 2.75) is 212 Å². The summed E-state index contributed by atoms with van der Waals surface area (Å²) >= 11 is 0. The van der Waals surface area contributed by atoms with Crippen molar-refractivity contribution in [1.29, 1.82) is 0 Å². The molecular formula is C66H100Ca2N4O4. The molecule has 412 valence electrons. The zero-order valence-corrected chi connectivity index (χ0v) is 55.7. The number of hydrogen-bond acceptors (Lipinski definition) is 6. The molecule has 0 unspecified atom stereocenters. The van der Waals surface area contributed by atoms with Crippen LogP contribution < -0.4 is 0 Å². The largest absolute Gasteiger partial charge is 2.00 e. The average molecular weight is 1090 g/mol. The third-order valence-electron chi connectivity index (χ3n) is 13.0. The van der Waals surface area contributed by atoms with Crippen LogP contribution in [0.3, 0.4) is 0 Å². The minimum atomic E-state index is 0. The fourth-order valence-corrected chi connectivity index (χ4v) is 9.02. The van der Waals surface area contributed by atoms with Crippen LogP contribution in [0.2, 0.25) is 0 Å². The van der Waals surface area contributed by atoms with Crippen LogP contribution in [-0.4, -0.2) is 124 Å². The van der Waals surface area contributed by atoms with Gasteiger partial charge in [0.05, 0.1) is 11.4 Å². The van der Waals surface area contributed by atoms with Crippen LogP contribution in [0, 0.1) is 0 Å². The third-order valence-corrected chi connectivity index (χ3v) is 13.0. The van der Waals surface area contributed by atoms with E-state index in [9.17, 15) is 0 Å². The second-order valence-electron chi connectivity index (χ2n) is 22.3. The van der Waals surface area contributed by atoms with E-state index in [0.29, 0.717) is 47.3 Å². The molecule has 0 amide bonds. The standard InChI is InChI=1S/2C29H41N2.2C4H8O.2Ca.2H2O/c2*1-18(2)24-13-11-14-25(19(3)4)28(24)30-22(9)17-23(10)31-29-26(20(5)6)15-12-16-27(29)21(7)8;2*1-2-4-5-3-1;;;;/h2*11-21H,1-10H3;2*1-4H2;;;2*1H2/q2*-1;;;2*+2;;/p-2/b2*22-17-,31-23?;;;;;;. The maximum absolute atomic E-state index is 5.08. The van der Waals surface area contributed by atoms with Crippen LogP contribution in [0.1, 0.15) is 256 Å². The molecule has 2 heterocycles. The third kappa shape index (κ3) is 25.0. The molecule has 2 aliphatic heterocycles. The fourth-order valence-electron chi connectivity index (χ4n) is 9.02. The monoisotopic (exact) mass is 1090 g/mol. The van der Waals surface area contributed by atoms with Gasteiger partial charge in [0.25, 0.3) is 0 Å². The van der Waals surface area contributed by atoms with E-state index >= 15 is 0 Å². The van der Waals surface area contributed by atoms with E-state index in [2.05, 4.69) is 223 Å². The Kier molecular flexibility index (Phi) is 39.0. The molecule has 4 aromatic rings. The van der Waals surface area contributed by atoms with Gasteiger partial charge in [0.15, 0.2) is 0 Å². The van der Waals surface area contributed by atoms with Crippen LogP contribution in [-0.2, 0) is 9.47 Å². The molecule has 0 radical (unpaired) electrons. The van der Waals surface area contributed by atoms with Gasteiger partial charge >= 0.3 is 75.5 Å². The topological polar surface area (TPSA) is 131 Å². The van der Waals surface area contributed by atoms with Gasteiger partial charge in [-0.3, -0.25) is 9.98 Å². The zero-order valence-electron chi connectivity index (χ0n) is 51.3. The molecule has 76 heavy (non-hydrogen) atoms. The molecule has 4 aromatic carbocycles. The summed E-state index contributed by atoms with van der Waals surface area (Å²) in [5.41, 5.74) is 18.9. The first-order valence-electron chi connectivity index (χ1n) is 27.6. The van der Waals surface area contributed by atoms with Crippen LogP contribution in [0.25, 0.3) is 10.6 Å². The summed E-state index contributed by atoms with van der Waals surface area (Å²) in [5.74, 6) is 3.49. The Morgan fingerprint density at radius 3 is 0.737 bits per heavy atom. The molecule has 8 nitrogen and oxygen atoms in total. The van der Waals surface area contributed by atoms with Gasteiger partial charge in [-0.2, -0.15) is 11.4 Å². The molecule has 0 atom stereocenters. The number of aliphatic imine (C=N–C) groups is 2. The summed E-state index contributed by atoms with van der Waals surface area (Å²) in [7, 11) is 0. The van der Waals surface area contributed by atoms with Crippen molar-refractivity contribution in [2.75, 3.05) is 26.4 Å². The number of hydrogen-bond donors (Lipinski definition) is 0. The molecule has 6 rings (SSSR count). The van der Waals surface area contributed by atoms with E-state index in [-0.39, 0.29) is 86.4 Å². The van der Waals surface area contributed by atoms with Crippen molar-refractivity contribution in [2.24, 2.45) is 9.98 Å². The van der Waals surface area contributed by atoms with Crippen LogP contribution in [0.5, 0.6) is 0 Å². The van der Waals surface area contributed by atoms with Crippen molar-refractivity contribution in [3.05, 3.63) is 151 Å². The second-order valence-corrected chi connectivity index (χ2v) is 22.3. The van der Waals surface area contributed by atoms with E-state index < -0.39 is 0 Å². The first-order chi connectivity index (χ1) is 34.0. The van der Waals surface area contributed by atoms with Crippen LogP contribution in [0.4, 0.5) is 22.7 Å². The summed E-state index contributed by atoms with van der Waals surface area (Å²) < 4.78 is 9.89. The van der Waals surface area contributed by atoms with Gasteiger partial charge < -0.3 is 31.1 Å². The van der Waals surface area contributed by atoms with Gasteiger partial charge in [0, 0.05) is 37.9 Å². The molecule has 0 saturated carbocycles. The Balaban J connectivity index is 0. The maximum Gasteiger partial charge on any atom is 2.00 e. The Hall–Kier alpha value is -2.34. The van der Waals surface area contributed by atoms with Crippen molar-refractivity contribution >= 4 is 110 Å². The minimum absolute atomic E-state index is 0. The Morgan fingerprint density at radius 1 is 0.368 bits per heavy atom. The molecule has 10 heteroatoms. The number of rotatable bonds is 16. The molecule has 0 spiro atoms. The number of ether oxygens (including phenoxy) is 2. The minimum Gasteiger partial charge on any atom is -0.870 e. The van der Waals surface area contributed by atoms with Crippen molar-refractivity contribution in [3.8, 4) is 0 Å². The summed E-state index contributed by atoms with van der Waals surface area (Å²) in [6.07, 6.45) is 9.34. The van der Waals surface area contributed by atoms with E-state index in [4.69, 9.17) is 30.1 Å². The Bertz CT molecular complexity index is 2120. The molecule has 0 aliphatic carbocycles. The predicted molar refractivity (Wildman–Crippen MR) is 333 cm³/mol. The van der Waals surface area contributed by atoms with E-state index in [1.165, 1.54) is 70.2 Å². The predicted octanol–water partition coefficient (Wildman–Crippen LogP) is 20.2. The number of benzene rings is 4. The van der Waals surface area contributed by atoms with Crippen molar-refractivity contribution in [1.82, 2.24) is 0 Å². The quantitative estimate of drug-likeness (QED) is 0.0816. The van der Waals surface area contributed by atoms with Crippen molar-refractivity contribution in [3.63, 3.8) is 0 Å². The van der Waals surface area contributed by atoms with E-state index in [0.717, 1.165) is 72.0 Å². The van der Waals surface area contributed by atoms with Gasteiger partial charge in [-0.1, -0.05) is 232 Å². The first kappa shape index (κ1) is 75.7. The molecule has 0 aromatic heterocycles. The number of allylic oxidation sites excluding steroid dienone is 4. The van der Waals surface area contributed by atoms with Gasteiger partial charge in [-0.05, 0) is 109 Å². The van der Waals surface area contributed by atoms with Gasteiger partial charge in [-0.25, -0.2) is 0 Å². The molecule has 2 fully saturated rings. The van der Waals surface area contributed by atoms with Crippen LogP contribution in [0.15, 0.2) is 106 Å². The summed E-state index contributed by atoms with van der Waals surface area (Å²) in [6, 6.07) is 26.3. The first-order valence-corrected chi connectivity index (χ1v) is 27.6. The van der Waals surface area contributed by atoms with Gasteiger partial charge in [0.2, 0.25) is 0 Å². The smallest absolute Gasteiger partial charge is 0.870 e. The SMILES string of the molecule is C1CCOC1.C1CCOC1.CC(/C=C(/C)[N-]c1c(C(C)C)cccc1C(C)C)=Nc1c(C(C)C)cccc1C(C)C.CC(/C=C(/C)[N-]c1c(C(C)C)cccc1C(C)C)=Nc1c(C(C)C)cccc1C(C)C.[Ca+2].[Ca+2].[OH-].[OH-]. The van der Waals surface area contributed by atoms with Gasteiger partial charge in [-0.15, -0.1) is 11.4 Å². The summed E-state index contributed by atoms with van der Waals surface area (Å²) in [6.45, 7) is 48.1. The summed E-state index contributed by atoms with van der Waals surface area (Å²) in [5, 5.41) is 10.2. The normalized spacial score (nSPS) is 13.8. The van der Waals surface area contributed by atoms with Crippen molar-refractivity contribution < 1.29 is 20.4 Å². The molecule has 2 aliphatic rings. The van der Waals surface area contributed by atoms with Crippen LogP contribution >= 0.6 is 0 Å². The zero-order chi connectivity index (χ0) is 53.7. The number of nitrogens with zero attached hydrogens (tertiary/aromatic N) is 4. The molecular weight excluding hydrogens is 993 g/mol. The molecule has 0 bridgehead atoms. The van der Waals surface area contributed by atoms with E-state index in [1.807, 2.05) is 0 Å². The number of para-hydroxylation sites is 4. The van der Waals surface area contributed by atoms with Gasteiger partial charge in [0.1, 0.15) is 0 Å². The van der Waals surface area contributed by atoms with E-state index in [1.54, 1.807) is 0 Å². The average Bonchev–Trinajstić information content (AvgIpc) is 4.10. The Morgan fingerprint density at radius 2 is 0.566 bits per heavy atom. The molecule has 2 saturated heterocycles.